The van der Waals surface area contributed by atoms with Crippen molar-refractivity contribution in [3.63, 3.8) is 0 Å². The second-order valence-electron chi connectivity index (χ2n) is 6.35. The van der Waals surface area contributed by atoms with Gasteiger partial charge in [0.1, 0.15) is 0 Å². The summed E-state index contributed by atoms with van der Waals surface area (Å²) >= 11 is 0. The highest BCUT2D eigenvalue weighted by Gasteiger charge is 2.20. The van der Waals surface area contributed by atoms with Gasteiger partial charge in [-0.3, -0.25) is 0 Å². The zero-order valence-electron chi connectivity index (χ0n) is 14.8. The fourth-order valence-electron chi connectivity index (χ4n) is 3.43. The number of rotatable bonds is 3. The molecule has 0 atom stereocenters. The van der Waals surface area contributed by atoms with E-state index in [4.69, 9.17) is 4.74 Å². The van der Waals surface area contributed by atoms with Crippen molar-refractivity contribution < 1.29 is 17.9 Å². The number of esters is 1. The van der Waals surface area contributed by atoms with Crippen LogP contribution in [0.25, 0.3) is 32.9 Å². The third kappa shape index (κ3) is 2.88. The number of hydrogen-bond acceptors (Lipinski definition) is 4. The Balaban J connectivity index is 2.09. The van der Waals surface area contributed by atoms with Crippen molar-refractivity contribution >= 4 is 37.7 Å². The Bertz CT molecular complexity index is 1300. The summed E-state index contributed by atoms with van der Waals surface area (Å²) in [5, 5.41) is 2.64. The summed E-state index contributed by atoms with van der Waals surface area (Å²) in [6.45, 7) is 0. The van der Waals surface area contributed by atoms with Crippen LogP contribution in [0.2, 0.25) is 0 Å². The fourth-order valence-corrected chi connectivity index (χ4v) is 4.46. The van der Waals surface area contributed by atoms with Crippen LogP contribution in [-0.4, -0.2) is 31.7 Å². The molecule has 136 valence electrons. The summed E-state index contributed by atoms with van der Waals surface area (Å²) in [6.07, 6.45) is 1.18. The molecule has 4 rings (SSSR count). The third-order valence-electron chi connectivity index (χ3n) is 4.58. The average molecular weight is 379 g/mol. The van der Waals surface area contributed by atoms with Crippen LogP contribution in [0.15, 0.2) is 66.7 Å². The van der Waals surface area contributed by atoms with E-state index in [0.717, 1.165) is 16.3 Å². The van der Waals surface area contributed by atoms with E-state index >= 15 is 0 Å². The molecule has 0 aliphatic carbocycles. The molecule has 1 aromatic heterocycles. The largest absolute Gasteiger partial charge is 0.465 e. The highest BCUT2D eigenvalue weighted by atomic mass is 32.2. The van der Waals surface area contributed by atoms with Crippen molar-refractivity contribution in [3.05, 3.63) is 72.3 Å². The van der Waals surface area contributed by atoms with Crippen LogP contribution in [0.4, 0.5) is 0 Å². The smallest absolute Gasteiger partial charge is 0.337 e. The minimum absolute atomic E-state index is 0.375. The molecule has 0 aliphatic rings. The van der Waals surface area contributed by atoms with E-state index in [-0.39, 0.29) is 0 Å². The SMILES string of the molecule is COC(=O)c1ccc2c(c1)cc(-c1cccc3ccccc13)n2S(C)(=O)=O. The lowest BCUT2D eigenvalue weighted by Gasteiger charge is -2.11. The molecule has 4 aromatic rings. The zero-order chi connectivity index (χ0) is 19.2. The first-order chi connectivity index (χ1) is 12.9. The molecule has 0 aliphatic heterocycles. The Labute approximate surface area is 156 Å². The Morgan fingerprint density at radius 1 is 0.926 bits per heavy atom. The predicted octanol–water partition coefficient (Wildman–Crippen LogP) is 4.06. The van der Waals surface area contributed by atoms with Gasteiger partial charge in [-0.15, -0.1) is 0 Å². The van der Waals surface area contributed by atoms with Crippen molar-refractivity contribution in [1.29, 1.82) is 0 Å². The van der Waals surface area contributed by atoms with Crippen molar-refractivity contribution in [3.8, 4) is 11.3 Å². The molecule has 0 saturated carbocycles. The third-order valence-corrected chi connectivity index (χ3v) is 5.63. The highest BCUT2D eigenvalue weighted by molar-refractivity contribution is 7.89. The first-order valence-corrected chi connectivity index (χ1v) is 10.2. The van der Waals surface area contributed by atoms with Crippen LogP contribution >= 0.6 is 0 Å². The minimum Gasteiger partial charge on any atom is -0.465 e. The molecule has 27 heavy (non-hydrogen) atoms. The second kappa shape index (κ2) is 6.25. The van der Waals surface area contributed by atoms with Gasteiger partial charge in [0.25, 0.3) is 0 Å². The van der Waals surface area contributed by atoms with Crippen molar-refractivity contribution in [1.82, 2.24) is 3.97 Å². The molecule has 0 saturated heterocycles. The summed E-state index contributed by atoms with van der Waals surface area (Å²) in [5.74, 6) is -0.462. The molecular weight excluding hydrogens is 362 g/mol. The monoisotopic (exact) mass is 379 g/mol. The summed E-state index contributed by atoms with van der Waals surface area (Å²) in [5.41, 5.74) is 2.27. The molecule has 6 heteroatoms. The standard InChI is InChI=1S/C21H17NO4S/c1-26-21(23)15-10-11-19-16(12-15)13-20(22(19)27(2,24)25)18-9-5-7-14-6-3-4-8-17(14)18/h3-13H,1-2H3. The van der Waals surface area contributed by atoms with Gasteiger partial charge in [0, 0.05) is 10.9 Å². The summed E-state index contributed by atoms with van der Waals surface area (Å²) in [7, 11) is -2.26. The molecule has 0 unspecified atom stereocenters. The Morgan fingerprint density at radius 3 is 2.41 bits per heavy atom. The van der Waals surface area contributed by atoms with Crippen LogP contribution in [0.3, 0.4) is 0 Å². The van der Waals surface area contributed by atoms with Gasteiger partial charge in [0.2, 0.25) is 10.0 Å². The Kier molecular flexibility index (Phi) is 4.00. The lowest BCUT2D eigenvalue weighted by atomic mass is 10.0. The average Bonchev–Trinajstić information content (AvgIpc) is 3.05. The number of carbonyl (C=O) groups excluding carboxylic acids is 1. The van der Waals surface area contributed by atoms with Gasteiger partial charge in [-0.05, 0) is 35.0 Å². The molecule has 1 heterocycles. The first kappa shape index (κ1) is 17.3. The van der Waals surface area contributed by atoms with Gasteiger partial charge in [0.05, 0.1) is 30.1 Å². The number of ether oxygens (including phenoxy) is 1. The number of nitrogens with zero attached hydrogens (tertiary/aromatic N) is 1. The summed E-state index contributed by atoms with van der Waals surface area (Å²) in [4.78, 5) is 11.8. The molecule has 0 bridgehead atoms. The normalized spacial score (nSPS) is 11.8. The van der Waals surface area contributed by atoms with Crippen molar-refractivity contribution in [2.24, 2.45) is 0 Å². The molecule has 5 nitrogen and oxygen atoms in total. The Morgan fingerprint density at radius 2 is 1.67 bits per heavy atom. The maximum atomic E-state index is 12.6. The van der Waals surface area contributed by atoms with E-state index in [0.29, 0.717) is 22.2 Å². The van der Waals surface area contributed by atoms with E-state index in [9.17, 15) is 13.2 Å². The molecule has 0 amide bonds. The van der Waals surface area contributed by atoms with Gasteiger partial charge >= 0.3 is 5.97 Å². The maximum Gasteiger partial charge on any atom is 0.337 e. The zero-order valence-corrected chi connectivity index (χ0v) is 15.7. The maximum absolute atomic E-state index is 12.6. The van der Waals surface area contributed by atoms with E-state index in [1.165, 1.54) is 17.3 Å². The predicted molar refractivity (Wildman–Crippen MR) is 106 cm³/mol. The van der Waals surface area contributed by atoms with E-state index in [1.54, 1.807) is 24.3 Å². The van der Waals surface area contributed by atoms with Crippen LogP contribution in [0.5, 0.6) is 0 Å². The van der Waals surface area contributed by atoms with Crippen molar-refractivity contribution in [2.45, 2.75) is 0 Å². The number of aromatic nitrogens is 1. The van der Waals surface area contributed by atoms with E-state index in [1.807, 2.05) is 42.5 Å². The summed E-state index contributed by atoms with van der Waals surface area (Å²) < 4.78 is 31.3. The second-order valence-corrected chi connectivity index (χ2v) is 8.18. The minimum atomic E-state index is -3.57. The van der Waals surface area contributed by atoms with Crippen molar-refractivity contribution in [2.75, 3.05) is 13.4 Å². The van der Waals surface area contributed by atoms with Gasteiger partial charge < -0.3 is 4.74 Å². The molecule has 3 aromatic carbocycles. The number of methoxy groups -OCH3 is 1. The van der Waals surface area contributed by atoms with Crippen LogP contribution in [0.1, 0.15) is 10.4 Å². The number of fused-ring (bicyclic) bond motifs is 2. The first-order valence-electron chi connectivity index (χ1n) is 8.32. The molecular formula is C21H17NO4S. The van der Waals surface area contributed by atoms with E-state index in [2.05, 4.69) is 0 Å². The van der Waals surface area contributed by atoms with Gasteiger partial charge in [-0.1, -0.05) is 42.5 Å². The van der Waals surface area contributed by atoms with Crippen LogP contribution in [0, 0.1) is 0 Å². The number of benzene rings is 3. The van der Waals surface area contributed by atoms with Gasteiger partial charge in [0.15, 0.2) is 0 Å². The highest BCUT2D eigenvalue weighted by Crippen LogP contribution is 2.34. The van der Waals surface area contributed by atoms with Crippen LogP contribution in [-0.2, 0) is 14.8 Å². The number of carbonyl (C=O) groups is 1. The fraction of sp³-hybridized carbons (Fsp3) is 0.0952. The summed E-state index contributed by atoms with van der Waals surface area (Å²) in [6, 6.07) is 20.3. The molecule has 0 radical (unpaired) electrons. The van der Waals surface area contributed by atoms with Gasteiger partial charge in [-0.25, -0.2) is 17.2 Å². The van der Waals surface area contributed by atoms with Crippen LogP contribution < -0.4 is 0 Å². The Hall–Kier alpha value is -3.12. The van der Waals surface area contributed by atoms with E-state index < -0.39 is 16.0 Å². The van der Waals surface area contributed by atoms with Gasteiger partial charge in [-0.2, -0.15) is 0 Å². The lowest BCUT2D eigenvalue weighted by Crippen LogP contribution is -2.11. The quantitative estimate of drug-likeness (QED) is 0.504. The molecule has 0 fully saturated rings. The molecule has 0 spiro atoms. The number of hydrogen-bond donors (Lipinski definition) is 0. The lowest BCUT2D eigenvalue weighted by molar-refractivity contribution is 0.0601. The topological polar surface area (TPSA) is 65.4 Å². The molecule has 0 N–H and O–H groups in total.